The van der Waals surface area contributed by atoms with Gasteiger partial charge < -0.3 is 10.4 Å². The second-order valence-electron chi connectivity index (χ2n) is 4.18. The van der Waals surface area contributed by atoms with Gasteiger partial charge >= 0.3 is 0 Å². The number of aliphatic hydroxyl groups is 1. The average molecular weight is 310 g/mol. The van der Waals surface area contributed by atoms with E-state index in [0.717, 1.165) is 0 Å². The molecule has 0 heterocycles. The molecule has 21 heavy (non-hydrogen) atoms. The minimum Gasteiger partial charge on any atom is -0.395 e. The summed E-state index contributed by atoms with van der Waals surface area (Å²) in [7, 11) is -3.63. The number of nitrogens with one attached hydrogen (secondary N) is 2. The van der Waals surface area contributed by atoms with Gasteiger partial charge in [-0.15, -0.1) is 0 Å². The zero-order valence-corrected chi connectivity index (χ0v) is 12.5. The summed E-state index contributed by atoms with van der Waals surface area (Å²) < 4.78 is 26.5. The Bertz CT molecular complexity index is 644. The SMILES string of the molecule is CC(=O)NCCNS(=O)(=O)c1cccc(C#CCCO)c1. The van der Waals surface area contributed by atoms with Gasteiger partial charge in [0, 0.05) is 32.0 Å². The van der Waals surface area contributed by atoms with Crippen molar-refractivity contribution in [3.05, 3.63) is 29.8 Å². The first-order valence-corrected chi connectivity index (χ1v) is 7.88. The molecule has 1 amide bonds. The fourth-order valence-electron chi connectivity index (χ4n) is 1.47. The van der Waals surface area contributed by atoms with Gasteiger partial charge in [0.15, 0.2) is 0 Å². The highest BCUT2D eigenvalue weighted by Crippen LogP contribution is 2.10. The van der Waals surface area contributed by atoms with Crippen molar-refractivity contribution in [2.45, 2.75) is 18.2 Å². The second-order valence-corrected chi connectivity index (χ2v) is 5.95. The summed E-state index contributed by atoms with van der Waals surface area (Å²) >= 11 is 0. The van der Waals surface area contributed by atoms with Gasteiger partial charge in [0.25, 0.3) is 0 Å². The van der Waals surface area contributed by atoms with E-state index in [-0.39, 0.29) is 30.5 Å². The van der Waals surface area contributed by atoms with E-state index < -0.39 is 10.0 Å². The third-order valence-corrected chi connectivity index (χ3v) is 3.86. The molecule has 0 aliphatic heterocycles. The number of amides is 1. The van der Waals surface area contributed by atoms with E-state index in [0.29, 0.717) is 12.0 Å². The third kappa shape index (κ3) is 6.40. The Morgan fingerprint density at radius 2 is 2.10 bits per heavy atom. The average Bonchev–Trinajstić information content (AvgIpc) is 2.44. The number of rotatable bonds is 6. The molecule has 0 saturated heterocycles. The molecule has 1 aromatic carbocycles. The number of carbonyl (C=O) groups excluding carboxylic acids is 1. The van der Waals surface area contributed by atoms with E-state index in [9.17, 15) is 13.2 Å². The van der Waals surface area contributed by atoms with Crippen LogP contribution in [0, 0.1) is 11.8 Å². The monoisotopic (exact) mass is 310 g/mol. The fraction of sp³-hybridized carbons (Fsp3) is 0.357. The van der Waals surface area contributed by atoms with Crippen LogP contribution in [-0.4, -0.2) is 39.1 Å². The maximum absolute atomic E-state index is 12.0. The minimum atomic E-state index is -3.63. The summed E-state index contributed by atoms with van der Waals surface area (Å²) in [6, 6.07) is 6.23. The zero-order chi connectivity index (χ0) is 15.7. The Balaban J connectivity index is 2.73. The van der Waals surface area contributed by atoms with Gasteiger partial charge in [0.05, 0.1) is 11.5 Å². The maximum atomic E-state index is 12.0. The van der Waals surface area contributed by atoms with E-state index in [4.69, 9.17) is 5.11 Å². The molecule has 0 atom stereocenters. The molecular weight excluding hydrogens is 292 g/mol. The van der Waals surface area contributed by atoms with Crippen LogP contribution in [0.25, 0.3) is 0 Å². The van der Waals surface area contributed by atoms with Crippen LogP contribution in [-0.2, 0) is 14.8 Å². The second kappa shape index (κ2) is 8.42. The number of hydrogen-bond acceptors (Lipinski definition) is 4. The van der Waals surface area contributed by atoms with Gasteiger partial charge in [-0.1, -0.05) is 17.9 Å². The van der Waals surface area contributed by atoms with Crippen LogP contribution < -0.4 is 10.0 Å². The standard InChI is InChI=1S/C14H18N2O4S/c1-12(18)15-8-9-16-21(19,20)14-7-4-6-13(11-14)5-2-3-10-17/h4,6-7,11,16-17H,3,8-10H2,1H3,(H,15,18). The van der Waals surface area contributed by atoms with Gasteiger partial charge in [0.2, 0.25) is 15.9 Å². The Morgan fingerprint density at radius 3 is 2.76 bits per heavy atom. The number of hydrogen-bond donors (Lipinski definition) is 3. The molecule has 7 heteroatoms. The number of sulfonamides is 1. The molecule has 0 aromatic heterocycles. The summed E-state index contributed by atoms with van der Waals surface area (Å²) in [6.07, 6.45) is 0.339. The largest absolute Gasteiger partial charge is 0.395 e. The number of carbonyl (C=O) groups is 1. The van der Waals surface area contributed by atoms with E-state index in [1.54, 1.807) is 12.1 Å². The fourth-order valence-corrected chi connectivity index (χ4v) is 2.55. The van der Waals surface area contributed by atoms with E-state index >= 15 is 0 Å². The minimum absolute atomic E-state index is 0.0320. The quantitative estimate of drug-likeness (QED) is 0.502. The summed E-state index contributed by atoms with van der Waals surface area (Å²) in [5.74, 6) is 5.30. The molecule has 0 unspecified atom stereocenters. The van der Waals surface area contributed by atoms with E-state index in [1.165, 1.54) is 19.1 Å². The molecule has 114 valence electrons. The lowest BCUT2D eigenvalue weighted by Crippen LogP contribution is -2.33. The molecule has 0 saturated carbocycles. The van der Waals surface area contributed by atoms with Crippen LogP contribution in [0.5, 0.6) is 0 Å². The Labute approximate surface area is 124 Å². The summed E-state index contributed by atoms with van der Waals surface area (Å²) in [5, 5.41) is 11.2. The van der Waals surface area contributed by atoms with Crippen molar-refractivity contribution in [1.82, 2.24) is 10.0 Å². The molecule has 0 aliphatic carbocycles. The van der Waals surface area contributed by atoms with Crippen LogP contribution in [0.15, 0.2) is 29.2 Å². The van der Waals surface area contributed by atoms with Gasteiger partial charge in [0.1, 0.15) is 0 Å². The van der Waals surface area contributed by atoms with Crippen molar-refractivity contribution in [2.75, 3.05) is 19.7 Å². The molecule has 0 spiro atoms. The van der Waals surface area contributed by atoms with Crippen LogP contribution in [0.2, 0.25) is 0 Å². The molecule has 0 fully saturated rings. The Kier molecular flexibility index (Phi) is 6.88. The molecule has 0 bridgehead atoms. The molecular formula is C14H18N2O4S. The topological polar surface area (TPSA) is 95.5 Å². The van der Waals surface area contributed by atoms with Crippen molar-refractivity contribution in [2.24, 2.45) is 0 Å². The zero-order valence-electron chi connectivity index (χ0n) is 11.7. The van der Waals surface area contributed by atoms with Crippen LogP contribution in [0.4, 0.5) is 0 Å². The van der Waals surface area contributed by atoms with Gasteiger partial charge in [-0.3, -0.25) is 4.79 Å². The highest BCUT2D eigenvalue weighted by molar-refractivity contribution is 7.89. The van der Waals surface area contributed by atoms with Crippen molar-refractivity contribution < 1.29 is 18.3 Å². The van der Waals surface area contributed by atoms with Crippen LogP contribution >= 0.6 is 0 Å². The molecule has 6 nitrogen and oxygen atoms in total. The van der Waals surface area contributed by atoms with Crippen molar-refractivity contribution in [3.63, 3.8) is 0 Å². The summed E-state index contributed by atoms with van der Waals surface area (Å²) in [6.45, 7) is 1.67. The third-order valence-electron chi connectivity index (χ3n) is 2.40. The summed E-state index contributed by atoms with van der Waals surface area (Å²) in [4.78, 5) is 10.8. The lowest BCUT2D eigenvalue weighted by atomic mass is 10.2. The van der Waals surface area contributed by atoms with E-state index in [2.05, 4.69) is 21.9 Å². The van der Waals surface area contributed by atoms with Gasteiger partial charge in [-0.05, 0) is 18.2 Å². The smallest absolute Gasteiger partial charge is 0.240 e. The first-order chi connectivity index (χ1) is 9.95. The highest BCUT2D eigenvalue weighted by atomic mass is 32.2. The van der Waals surface area contributed by atoms with Crippen molar-refractivity contribution in [1.29, 1.82) is 0 Å². The summed E-state index contributed by atoms with van der Waals surface area (Å²) in [5.41, 5.74) is 0.563. The molecule has 1 rings (SSSR count). The first-order valence-electron chi connectivity index (χ1n) is 6.39. The molecule has 3 N–H and O–H groups in total. The molecule has 1 aromatic rings. The highest BCUT2D eigenvalue weighted by Gasteiger charge is 2.13. The number of aliphatic hydroxyl groups excluding tert-OH is 1. The molecule has 0 aliphatic rings. The van der Waals surface area contributed by atoms with Crippen molar-refractivity contribution >= 4 is 15.9 Å². The predicted molar refractivity (Wildman–Crippen MR) is 78.9 cm³/mol. The Hall–Kier alpha value is -1.88. The van der Waals surface area contributed by atoms with Crippen LogP contribution in [0.3, 0.4) is 0 Å². The number of benzene rings is 1. The molecule has 0 radical (unpaired) electrons. The normalized spacial score (nSPS) is 10.6. The van der Waals surface area contributed by atoms with Gasteiger partial charge in [-0.25, -0.2) is 13.1 Å². The lowest BCUT2D eigenvalue weighted by Gasteiger charge is -2.07. The van der Waals surface area contributed by atoms with E-state index in [1.807, 2.05) is 0 Å². The van der Waals surface area contributed by atoms with Crippen molar-refractivity contribution in [3.8, 4) is 11.8 Å². The van der Waals surface area contributed by atoms with Crippen LogP contribution in [0.1, 0.15) is 18.9 Å². The predicted octanol–water partition coefficient (Wildman–Crippen LogP) is -0.165. The lowest BCUT2D eigenvalue weighted by molar-refractivity contribution is -0.118. The first kappa shape index (κ1) is 17.2. The Morgan fingerprint density at radius 1 is 1.33 bits per heavy atom. The van der Waals surface area contributed by atoms with Gasteiger partial charge in [-0.2, -0.15) is 0 Å². The maximum Gasteiger partial charge on any atom is 0.240 e.